The largest absolute Gasteiger partial charge is 0.356 e. The average Bonchev–Trinajstić information content (AvgIpc) is 3.33. The van der Waals surface area contributed by atoms with Gasteiger partial charge in [0.2, 0.25) is 11.9 Å². The van der Waals surface area contributed by atoms with Crippen molar-refractivity contribution in [3.63, 3.8) is 0 Å². The van der Waals surface area contributed by atoms with Crippen LogP contribution in [-0.4, -0.2) is 42.1 Å². The Balaban J connectivity index is 1.76. The number of carbonyl (C=O) groups excluding carboxylic acids is 2. The number of sulfone groups is 1. The summed E-state index contributed by atoms with van der Waals surface area (Å²) >= 11 is 15.9. The van der Waals surface area contributed by atoms with Gasteiger partial charge in [0.05, 0.1) is 17.6 Å². The summed E-state index contributed by atoms with van der Waals surface area (Å²) in [5.74, 6) is -0.484. The van der Waals surface area contributed by atoms with Gasteiger partial charge in [-0.25, -0.2) is 18.3 Å². The van der Waals surface area contributed by atoms with Crippen molar-refractivity contribution < 1.29 is 18.0 Å². The molecule has 2 aromatic carbocycles. The highest BCUT2D eigenvalue weighted by Crippen LogP contribution is 2.44. The van der Waals surface area contributed by atoms with Crippen molar-refractivity contribution in [3.8, 4) is 0 Å². The molecule has 2 amide bonds. The van der Waals surface area contributed by atoms with E-state index in [-0.39, 0.29) is 35.0 Å². The Morgan fingerprint density at radius 3 is 2.38 bits per heavy atom. The molecular weight excluding hydrogens is 603 g/mol. The van der Waals surface area contributed by atoms with Crippen molar-refractivity contribution in [2.24, 2.45) is 0 Å². The highest BCUT2D eigenvalue weighted by atomic mass is 79.9. The molecule has 1 aromatic heterocycles. The minimum atomic E-state index is -3.81. The number of amides is 2. The lowest BCUT2D eigenvalue weighted by Crippen LogP contribution is -2.42. The van der Waals surface area contributed by atoms with E-state index in [1.807, 2.05) is 24.3 Å². The number of unbranched alkanes of at least 4 members (excludes halogenated alkanes) is 1. The Kier molecular flexibility index (Phi) is 8.04. The smallest absolute Gasteiger partial charge is 0.260 e. The summed E-state index contributed by atoms with van der Waals surface area (Å²) in [4.78, 5) is 30.9. The van der Waals surface area contributed by atoms with E-state index in [4.69, 9.17) is 23.2 Å². The van der Waals surface area contributed by atoms with Crippen LogP contribution in [0, 0.1) is 0 Å². The lowest BCUT2D eigenvalue weighted by Gasteiger charge is -2.26. The molecule has 1 aliphatic heterocycles. The first kappa shape index (κ1) is 27.6. The first-order chi connectivity index (χ1) is 17.4. The van der Waals surface area contributed by atoms with Gasteiger partial charge in [0.25, 0.3) is 5.91 Å². The maximum absolute atomic E-state index is 14.0. The van der Waals surface area contributed by atoms with Crippen molar-refractivity contribution in [1.29, 1.82) is 0 Å². The van der Waals surface area contributed by atoms with E-state index in [1.165, 1.54) is 22.6 Å². The van der Waals surface area contributed by atoms with Gasteiger partial charge in [-0.2, -0.15) is 0 Å². The second-order valence-corrected chi connectivity index (χ2v) is 12.9. The standard InChI is InChI=1S/C25H25BrCl2N4O4S/c1-16(33)29-9-3-4-10-37(35,36)22-15-30-24-31(21-12-19(27)11-20(28)13-21)23(34)25(2,32(22)24)14-17-5-7-18(26)8-6-17/h5-8,11-13,15H,3-4,9-10,14H2,1-2H3,(H,29,33)/t25-/m1/s1. The number of hydrogen-bond donors (Lipinski definition) is 1. The van der Waals surface area contributed by atoms with Crippen LogP contribution in [0.3, 0.4) is 0 Å². The van der Waals surface area contributed by atoms with E-state index in [0.717, 1.165) is 10.0 Å². The maximum atomic E-state index is 14.0. The fourth-order valence-electron chi connectivity index (χ4n) is 4.44. The number of hydrogen-bond acceptors (Lipinski definition) is 5. The summed E-state index contributed by atoms with van der Waals surface area (Å²) in [7, 11) is -3.81. The SMILES string of the molecule is CC(=O)NCCCCS(=O)(=O)c1cnc2n1[C@](C)(Cc1ccc(Br)cc1)C(=O)N2c1cc(Cl)cc(Cl)c1. The molecule has 1 atom stereocenters. The molecule has 37 heavy (non-hydrogen) atoms. The Labute approximate surface area is 234 Å². The predicted molar refractivity (Wildman–Crippen MR) is 147 cm³/mol. The molecule has 0 fully saturated rings. The van der Waals surface area contributed by atoms with Gasteiger partial charge in [-0.1, -0.05) is 51.3 Å². The van der Waals surface area contributed by atoms with Crippen LogP contribution in [0.4, 0.5) is 11.6 Å². The third-order valence-corrected chi connectivity index (χ3v) is 8.88. The monoisotopic (exact) mass is 626 g/mol. The zero-order chi connectivity index (χ0) is 27.0. The summed E-state index contributed by atoms with van der Waals surface area (Å²) in [6, 6.07) is 12.2. The number of aromatic nitrogens is 2. The number of rotatable bonds is 9. The highest BCUT2D eigenvalue weighted by molar-refractivity contribution is 9.10. The van der Waals surface area contributed by atoms with Crippen molar-refractivity contribution >= 4 is 72.4 Å². The van der Waals surface area contributed by atoms with Crippen LogP contribution in [0.15, 0.2) is 58.2 Å². The van der Waals surface area contributed by atoms with Gasteiger partial charge in [0, 0.05) is 34.4 Å². The molecule has 0 spiro atoms. The van der Waals surface area contributed by atoms with E-state index < -0.39 is 15.4 Å². The molecule has 196 valence electrons. The van der Waals surface area contributed by atoms with Gasteiger partial charge in [0.1, 0.15) is 5.54 Å². The van der Waals surface area contributed by atoms with E-state index in [0.29, 0.717) is 35.1 Å². The lowest BCUT2D eigenvalue weighted by molar-refractivity contribution is -0.124. The molecule has 12 heteroatoms. The molecule has 3 aromatic rings. The number of carbonyl (C=O) groups is 2. The predicted octanol–water partition coefficient (Wildman–Crippen LogP) is 5.28. The number of anilines is 2. The summed E-state index contributed by atoms with van der Waals surface area (Å²) in [6.45, 7) is 3.51. The minimum Gasteiger partial charge on any atom is -0.356 e. The molecular formula is C25H25BrCl2N4O4S. The normalized spacial score (nSPS) is 17.2. The molecule has 1 N–H and O–H groups in total. The zero-order valence-electron chi connectivity index (χ0n) is 20.2. The number of fused-ring (bicyclic) bond motifs is 1. The van der Waals surface area contributed by atoms with Gasteiger partial charge in [-0.15, -0.1) is 0 Å². The van der Waals surface area contributed by atoms with Gasteiger partial charge >= 0.3 is 0 Å². The molecule has 4 rings (SSSR count). The quantitative estimate of drug-likeness (QED) is 0.325. The zero-order valence-corrected chi connectivity index (χ0v) is 24.1. The van der Waals surface area contributed by atoms with Crippen molar-refractivity contribution in [2.75, 3.05) is 17.2 Å². The maximum Gasteiger partial charge on any atom is 0.260 e. The number of benzene rings is 2. The Bertz CT molecular complexity index is 1440. The molecule has 2 heterocycles. The van der Waals surface area contributed by atoms with Crippen molar-refractivity contribution in [2.45, 2.75) is 43.7 Å². The Morgan fingerprint density at radius 1 is 1.11 bits per heavy atom. The molecule has 8 nitrogen and oxygen atoms in total. The van der Waals surface area contributed by atoms with Gasteiger partial charge < -0.3 is 5.32 Å². The van der Waals surface area contributed by atoms with Crippen LogP contribution in [0.5, 0.6) is 0 Å². The summed E-state index contributed by atoms with van der Waals surface area (Å²) in [6.07, 6.45) is 2.37. The van der Waals surface area contributed by atoms with Gasteiger partial charge in [-0.05, 0) is 55.7 Å². The number of halogens is 3. The third kappa shape index (κ3) is 5.72. The highest BCUT2D eigenvalue weighted by Gasteiger charge is 2.51. The Morgan fingerprint density at radius 2 is 1.76 bits per heavy atom. The van der Waals surface area contributed by atoms with Crippen LogP contribution < -0.4 is 10.2 Å². The van der Waals surface area contributed by atoms with E-state index in [2.05, 4.69) is 26.2 Å². The molecule has 0 radical (unpaired) electrons. The molecule has 0 bridgehead atoms. The first-order valence-corrected chi connectivity index (χ1v) is 14.7. The van der Waals surface area contributed by atoms with E-state index >= 15 is 0 Å². The summed E-state index contributed by atoms with van der Waals surface area (Å²) in [5, 5.41) is 3.30. The molecule has 0 saturated carbocycles. The summed E-state index contributed by atoms with van der Waals surface area (Å²) < 4.78 is 29.3. The van der Waals surface area contributed by atoms with Gasteiger partial charge in [-0.3, -0.25) is 14.2 Å². The molecule has 1 aliphatic rings. The fourth-order valence-corrected chi connectivity index (χ4v) is 6.78. The van der Waals surface area contributed by atoms with Crippen LogP contribution in [0.2, 0.25) is 10.0 Å². The van der Waals surface area contributed by atoms with Crippen LogP contribution >= 0.6 is 39.1 Å². The molecule has 0 unspecified atom stereocenters. The molecule has 0 aliphatic carbocycles. The van der Waals surface area contributed by atoms with Crippen LogP contribution in [-0.2, 0) is 31.4 Å². The Hall–Kier alpha value is -2.40. The second-order valence-electron chi connectivity index (χ2n) is 9.09. The second kappa shape index (κ2) is 10.8. The first-order valence-electron chi connectivity index (χ1n) is 11.5. The number of nitrogens with one attached hydrogen (secondary N) is 1. The minimum absolute atomic E-state index is 0.0365. The van der Waals surface area contributed by atoms with E-state index in [1.54, 1.807) is 25.1 Å². The van der Waals surface area contributed by atoms with Crippen molar-refractivity contribution in [1.82, 2.24) is 14.9 Å². The average molecular weight is 628 g/mol. The van der Waals surface area contributed by atoms with Crippen LogP contribution in [0.25, 0.3) is 0 Å². The van der Waals surface area contributed by atoms with Crippen LogP contribution in [0.1, 0.15) is 32.3 Å². The number of nitrogens with zero attached hydrogens (tertiary/aromatic N) is 3. The van der Waals surface area contributed by atoms with Gasteiger partial charge in [0.15, 0.2) is 14.9 Å². The van der Waals surface area contributed by atoms with Crippen molar-refractivity contribution in [3.05, 3.63) is 68.7 Å². The fraction of sp³-hybridized carbons (Fsp3) is 0.320. The summed E-state index contributed by atoms with van der Waals surface area (Å²) in [5.41, 5.74) is -0.0379. The molecule has 0 saturated heterocycles. The topological polar surface area (TPSA) is 101 Å². The number of imidazole rings is 1. The lowest BCUT2D eigenvalue weighted by atomic mass is 9.92. The third-order valence-electron chi connectivity index (χ3n) is 6.17. The van der Waals surface area contributed by atoms with E-state index in [9.17, 15) is 18.0 Å².